The molecular formula is C16H17ClN2O3S2. The highest BCUT2D eigenvalue weighted by Gasteiger charge is 2.30. The van der Waals surface area contributed by atoms with E-state index in [9.17, 15) is 13.2 Å². The predicted octanol–water partition coefficient (Wildman–Crippen LogP) is 2.48. The van der Waals surface area contributed by atoms with Gasteiger partial charge in [0.25, 0.3) is 10.0 Å². The molecule has 5 nitrogen and oxygen atoms in total. The monoisotopic (exact) mass is 384 g/mol. The Hall–Kier alpha value is -1.41. The van der Waals surface area contributed by atoms with Crippen LogP contribution in [0.25, 0.3) is 0 Å². The van der Waals surface area contributed by atoms with Crippen molar-refractivity contribution in [3.63, 3.8) is 0 Å². The number of hydrogen-bond acceptors (Lipinski definition) is 4. The largest absolute Gasteiger partial charge is 0.340 e. The Morgan fingerprint density at radius 2 is 1.79 bits per heavy atom. The minimum Gasteiger partial charge on any atom is -0.340 e. The summed E-state index contributed by atoms with van der Waals surface area (Å²) in [6.45, 7) is 1.42. The quantitative estimate of drug-likeness (QED) is 0.813. The van der Waals surface area contributed by atoms with E-state index in [-0.39, 0.29) is 12.3 Å². The first-order valence-corrected chi connectivity index (χ1v) is 10.2. The second kappa shape index (κ2) is 7.23. The first-order chi connectivity index (χ1) is 11.5. The Bertz CT molecular complexity index is 814. The van der Waals surface area contributed by atoms with Crippen molar-refractivity contribution in [1.29, 1.82) is 0 Å². The summed E-state index contributed by atoms with van der Waals surface area (Å²) in [5.41, 5.74) is 0.790. The van der Waals surface area contributed by atoms with E-state index in [1.807, 2.05) is 18.2 Å². The highest BCUT2D eigenvalue weighted by Crippen LogP contribution is 2.22. The van der Waals surface area contributed by atoms with Gasteiger partial charge in [-0.2, -0.15) is 4.31 Å². The van der Waals surface area contributed by atoms with Crippen molar-refractivity contribution in [2.45, 2.75) is 10.6 Å². The number of rotatable bonds is 4. The Balaban J connectivity index is 1.61. The number of nitrogens with zero attached hydrogens (tertiary/aromatic N) is 2. The fourth-order valence-electron chi connectivity index (χ4n) is 2.63. The van der Waals surface area contributed by atoms with Crippen molar-refractivity contribution < 1.29 is 13.2 Å². The molecule has 0 N–H and O–H groups in total. The molecule has 0 bridgehead atoms. The van der Waals surface area contributed by atoms with Crippen molar-refractivity contribution in [2.75, 3.05) is 26.2 Å². The molecule has 3 rings (SSSR count). The zero-order chi connectivity index (χ0) is 17.2. The maximum atomic E-state index is 12.5. The van der Waals surface area contributed by atoms with Gasteiger partial charge in [0.1, 0.15) is 4.21 Å². The third kappa shape index (κ3) is 3.64. The summed E-state index contributed by atoms with van der Waals surface area (Å²) in [6.07, 6.45) is 0.233. The highest BCUT2D eigenvalue weighted by atomic mass is 35.5. The molecule has 0 aliphatic carbocycles. The molecule has 0 spiro atoms. The van der Waals surface area contributed by atoms with E-state index in [0.29, 0.717) is 35.4 Å². The van der Waals surface area contributed by atoms with Crippen molar-refractivity contribution >= 4 is 38.9 Å². The Morgan fingerprint density at radius 3 is 2.42 bits per heavy atom. The van der Waals surface area contributed by atoms with E-state index < -0.39 is 10.0 Å². The number of carbonyl (C=O) groups excluding carboxylic acids is 1. The molecule has 0 unspecified atom stereocenters. The van der Waals surface area contributed by atoms with Gasteiger partial charge in [-0.25, -0.2) is 8.42 Å². The molecule has 2 heterocycles. The zero-order valence-electron chi connectivity index (χ0n) is 12.9. The number of hydrogen-bond donors (Lipinski definition) is 0. The molecule has 8 heteroatoms. The number of halogens is 1. The van der Waals surface area contributed by atoms with Gasteiger partial charge < -0.3 is 4.90 Å². The van der Waals surface area contributed by atoms with Gasteiger partial charge >= 0.3 is 0 Å². The number of benzene rings is 1. The van der Waals surface area contributed by atoms with Gasteiger partial charge in [-0.05, 0) is 23.1 Å². The summed E-state index contributed by atoms with van der Waals surface area (Å²) >= 11 is 7.30. The van der Waals surface area contributed by atoms with Crippen LogP contribution in [0.4, 0.5) is 0 Å². The van der Waals surface area contributed by atoms with Crippen molar-refractivity contribution in [3.8, 4) is 0 Å². The zero-order valence-corrected chi connectivity index (χ0v) is 15.3. The summed E-state index contributed by atoms with van der Waals surface area (Å²) < 4.78 is 26.7. The summed E-state index contributed by atoms with van der Waals surface area (Å²) in [7, 11) is -3.44. The molecule has 1 fully saturated rings. The Morgan fingerprint density at radius 1 is 1.08 bits per heavy atom. The van der Waals surface area contributed by atoms with Gasteiger partial charge in [0.15, 0.2) is 0 Å². The lowest BCUT2D eigenvalue weighted by molar-refractivity contribution is -0.131. The number of thiophene rings is 1. The van der Waals surface area contributed by atoms with Gasteiger partial charge in [0.2, 0.25) is 5.91 Å². The Labute approximate surface area is 150 Å². The molecule has 0 saturated carbocycles. The Kier molecular flexibility index (Phi) is 5.24. The van der Waals surface area contributed by atoms with E-state index in [0.717, 1.165) is 5.56 Å². The first-order valence-electron chi connectivity index (χ1n) is 7.53. The van der Waals surface area contributed by atoms with Crippen LogP contribution in [0.1, 0.15) is 5.56 Å². The van der Waals surface area contributed by atoms with E-state index in [2.05, 4.69) is 0 Å². The van der Waals surface area contributed by atoms with Gasteiger partial charge in [-0.3, -0.25) is 4.79 Å². The van der Waals surface area contributed by atoms with Crippen LogP contribution in [0.3, 0.4) is 0 Å². The molecule has 2 aromatic rings. The third-order valence-corrected chi connectivity index (χ3v) is 7.62. The lowest BCUT2D eigenvalue weighted by Gasteiger charge is -2.33. The number of amides is 1. The predicted molar refractivity (Wildman–Crippen MR) is 94.8 cm³/mol. The summed E-state index contributed by atoms with van der Waals surface area (Å²) in [5.74, 6) is -0.0312. The fraction of sp³-hybridized carbons (Fsp3) is 0.312. The van der Waals surface area contributed by atoms with Crippen LogP contribution < -0.4 is 0 Å². The molecule has 1 saturated heterocycles. The summed E-state index contributed by atoms with van der Waals surface area (Å²) in [6, 6.07) is 10.6. The molecule has 1 aliphatic heterocycles. The van der Waals surface area contributed by atoms with Crippen LogP contribution in [0, 0.1) is 0 Å². The van der Waals surface area contributed by atoms with E-state index in [4.69, 9.17) is 11.6 Å². The van der Waals surface area contributed by atoms with Gasteiger partial charge in [-0.1, -0.05) is 35.9 Å². The third-order valence-electron chi connectivity index (χ3n) is 3.98. The first kappa shape index (κ1) is 17.4. The lowest BCUT2D eigenvalue weighted by Crippen LogP contribution is -2.50. The molecule has 0 atom stereocenters. The molecule has 0 radical (unpaired) electrons. The van der Waals surface area contributed by atoms with E-state index in [1.54, 1.807) is 28.5 Å². The molecule has 24 heavy (non-hydrogen) atoms. The lowest BCUT2D eigenvalue weighted by atomic mass is 10.1. The summed E-state index contributed by atoms with van der Waals surface area (Å²) in [5, 5.41) is 2.32. The van der Waals surface area contributed by atoms with Crippen LogP contribution in [0.5, 0.6) is 0 Å². The topological polar surface area (TPSA) is 57.7 Å². The van der Waals surface area contributed by atoms with Crippen molar-refractivity contribution in [2.24, 2.45) is 0 Å². The highest BCUT2D eigenvalue weighted by molar-refractivity contribution is 7.91. The minimum absolute atomic E-state index is 0.0312. The number of piperazine rings is 1. The molecule has 1 aliphatic rings. The van der Waals surface area contributed by atoms with Crippen LogP contribution in [0.2, 0.25) is 5.02 Å². The smallest absolute Gasteiger partial charge is 0.252 e. The molecule has 1 aromatic carbocycles. The van der Waals surface area contributed by atoms with Crippen LogP contribution >= 0.6 is 22.9 Å². The van der Waals surface area contributed by atoms with Crippen molar-refractivity contribution in [3.05, 3.63) is 52.4 Å². The SMILES string of the molecule is O=C(Cc1ccccc1Cl)N1CCN(S(=O)(=O)c2cccs2)CC1. The van der Waals surface area contributed by atoms with Gasteiger partial charge in [-0.15, -0.1) is 11.3 Å². The second-order valence-electron chi connectivity index (χ2n) is 5.49. The average molecular weight is 385 g/mol. The normalized spacial score (nSPS) is 16.3. The van der Waals surface area contributed by atoms with E-state index >= 15 is 0 Å². The fourth-order valence-corrected chi connectivity index (χ4v) is 5.40. The van der Waals surface area contributed by atoms with Gasteiger partial charge in [0, 0.05) is 31.2 Å². The maximum Gasteiger partial charge on any atom is 0.252 e. The minimum atomic E-state index is -3.44. The molecule has 1 amide bonds. The van der Waals surface area contributed by atoms with Gasteiger partial charge in [0.05, 0.1) is 6.42 Å². The van der Waals surface area contributed by atoms with Crippen molar-refractivity contribution in [1.82, 2.24) is 9.21 Å². The maximum absolute atomic E-state index is 12.5. The second-order valence-corrected chi connectivity index (χ2v) is 9.00. The average Bonchev–Trinajstić information content (AvgIpc) is 3.12. The van der Waals surface area contributed by atoms with Crippen LogP contribution in [-0.2, 0) is 21.2 Å². The van der Waals surface area contributed by atoms with E-state index in [1.165, 1.54) is 15.6 Å². The van der Waals surface area contributed by atoms with Crippen LogP contribution in [-0.4, -0.2) is 49.7 Å². The number of sulfonamides is 1. The summed E-state index contributed by atoms with van der Waals surface area (Å²) in [4.78, 5) is 14.1. The standard InChI is InChI=1S/C16H17ClN2O3S2/c17-14-5-2-1-4-13(14)12-15(20)18-7-9-19(10-8-18)24(21,22)16-6-3-11-23-16/h1-6,11H,7-10,12H2. The number of carbonyl (C=O) groups is 1. The molecular weight excluding hydrogens is 368 g/mol. The van der Waals surface area contributed by atoms with Crippen LogP contribution in [0.15, 0.2) is 46.0 Å². The molecule has 128 valence electrons. The molecule has 1 aromatic heterocycles.